The summed E-state index contributed by atoms with van der Waals surface area (Å²) >= 11 is 0. The van der Waals surface area contributed by atoms with Gasteiger partial charge in [-0.05, 0) is 45.7 Å². The summed E-state index contributed by atoms with van der Waals surface area (Å²) in [5, 5.41) is 0. The minimum Gasteiger partial charge on any atom is -0.379 e. The average molecular weight is 242 g/mol. The summed E-state index contributed by atoms with van der Waals surface area (Å²) in [7, 11) is 2.21. The first kappa shape index (κ1) is 13.3. The third-order valence-corrected chi connectivity index (χ3v) is 4.03. The molecule has 2 rings (SSSR count). The van der Waals surface area contributed by atoms with Crippen molar-refractivity contribution >= 4 is 0 Å². The lowest BCUT2D eigenvalue weighted by molar-refractivity contribution is -0.0148. The SMILES string of the molecule is CN1CCCC1CCOCC1CCC(CN)O1. The van der Waals surface area contributed by atoms with Gasteiger partial charge in [0.05, 0.1) is 18.8 Å². The summed E-state index contributed by atoms with van der Waals surface area (Å²) in [4.78, 5) is 2.44. The molecule has 0 spiro atoms. The van der Waals surface area contributed by atoms with Gasteiger partial charge in [-0.15, -0.1) is 0 Å². The van der Waals surface area contributed by atoms with Crippen LogP contribution in [0.25, 0.3) is 0 Å². The number of nitrogens with zero attached hydrogens (tertiary/aromatic N) is 1. The zero-order chi connectivity index (χ0) is 12.1. The Kier molecular flexibility index (Phi) is 5.22. The first-order chi connectivity index (χ1) is 8.29. The van der Waals surface area contributed by atoms with Crippen LogP contribution in [-0.2, 0) is 9.47 Å². The predicted octanol–water partition coefficient (Wildman–Crippen LogP) is 0.994. The maximum absolute atomic E-state index is 5.74. The summed E-state index contributed by atoms with van der Waals surface area (Å²) in [6.07, 6.45) is 6.57. The van der Waals surface area contributed by atoms with Gasteiger partial charge in [0.1, 0.15) is 0 Å². The third kappa shape index (κ3) is 3.91. The minimum atomic E-state index is 0.268. The number of nitrogens with two attached hydrogens (primary N) is 1. The van der Waals surface area contributed by atoms with Gasteiger partial charge in [0, 0.05) is 19.2 Å². The Hall–Kier alpha value is -0.160. The predicted molar refractivity (Wildman–Crippen MR) is 68.0 cm³/mol. The van der Waals surface area contributed by atoms with Crippen molar-refractivity contribution in [3.8, 4) is 0 Å². The number of hydrogen-bond acceptors (Lipinski definition) is 4. The molecule has 4 nitrogen and oxygen atoms in total. The zero-order valence-electron chi connectivity index (χ0n) is 10.9. The van der Waals surface area contributed by atoms with Gasteiger partial charge in [0.25, 0.3) is 0 Å². The molecular weight excluding hydrogens is 216 g/mol. The van der Waals surface area contributed by atoms with Crippen molar-refractivity contribution in [2.45, 2.75) is 50.4 Å². The van der Waals surface area contributed by atoms with E-state index in [9.17, 15) is 0 Å². The Labute approximate surface area is 104 Å². The second-order valence-electron chi connectivity index (χ2n) is 5.33. The summed E-state index contributed by atoms with van der Waals surface area (Å²) < 4.78 is 11.5. The smallest absolute Gasteiger partial charge is 0.0813 e. The molecule has 100 valence electrons. The maximum atomic E-state index is 5.74. The normalized spacial score (nSPS) is 34.6. The van der Waals surface area contributed by atoms with Crippen LogP contribution in [-0.4, -0.2) is 56.5 Å². The largest absolute Gasteiger partial charge is 0.379 e. The molecule has 2 heterocycles. The lowest BCUT2D eigenvalue weighted by Crippen LogP contribution is -2.27. The summed E-state index contributed by atoms with van der Waals surface area (Å²) in [5.41, 5.74) is 5.58. The van der Waals surface area contributed by atoms with E-state index in [0.717, 1.165) is 38.5 Å². The Morgan fingerprint density at radius 3 is 2.76 bits per heavy atom. The third-order valence-electron chi connectivity index (χ3n) is 4.03. The molecule has 0 radical (unpaired) electrons. The van der Waals surface area contributed by atoms with Crippen molar-refractivity contribution < 1.29 is 9.47 Å². The number of likely N-dealkylation sites (tertiary alicyclic amines) is 1. The monoisotopic (exact) mass is 242 g/mol. The van der Waals surface area contributed by atoms with Crippen molar-refractivity contribution in [2.24, 2.45) is 5.73 Å². The Balaban J connectivity index is 1.52. The lowest BCUT2D eigenvalue weighted by Gasteiger charge is -2.19. The highest BCUT2D eigenvalue weighted by atomic mass is 16.5. The molecule has 0 aromatic heterocycles. The van der Waals surface area contributed by atoms with Crippen molar-refractivity contribution in [1.82, 2.24) is 4.90 Å². The van der Waals surface area contributed by atoms with Crippen LogP contribution in [0.1, 0.15) is 32.1 Å². The second-order valence-corrected chi connectivity index (χ2v) is 5.33. The van der Waals surface area contributed by atoms with Crippen LogP contribution in [0.3, 0.4) is 0 Å². The summed E-state index contributed by atoms with van der Waals surface area (Å²) in [6, 6.07) is 0.733. The molecule has 17 heavy (non-hydrogen) atoms. The van der Waals surface area contributed by atoms with Gasteiger partial charge in [-0.1, -0.05) is 0 Å². The minimum absolute atomic E-state index is 0.268. The quantitative estimate of drug-likeness (QED) is 0.706. The van der Waals surface area contributed by atoms with Crippen molar-refractivity contribution in [3.05, 3.63) is 0 Å². The molecule has 3 atom stereocenters. The van der Waals surface area contributed by atoms with E-state index in [4.69, 9.17) is 15.2 Å². The highest BCUT2D eigenvalue weighted by Crippen LogP contribution is 2.20. The van der Waals surface area contributed by atoms with Crippen molar-refractivity contribution in [1.29, 1.82) is 0 Å². The van der Waals surface area contributed by atoms with Crippen LogP contribution in [0, 0.1) is 0 Å². The van der Waals surface area contributed by atoms with E-state index in [1.165, 1.54) is 19.4 Å². The van der Waals surface area contributed by atoms with Crippen LogP contribution in [0.5, 0.6) is 0 Å². The number of rotatable bonds is 6. The molecule has 0 aromatic rings. The van der Waals surface area contributed by atoms with E-state index >= 15 is 0 Å². The first-order valence-electron chi connectivity index (χ1n) is 6.93. The number of hydrogen-bond donors (Lipinski definition) is 1. The van der Waals surface area contributed by atoms with Gasteiger partial charge < -0.3 is 20.1 Å². The highest BCUT2D eigenvalue weighted by molar-refractivity contribution is 4.76. The maximum Gasteiger partial charge on any atom is 0.0813 e. The van der Waals surface area contributed by atoms with E-state index in [1.54, 1.807) is 0 Å². The Morgan fingerprint density at radius 2 is 2.12 bits per heavy atom. The Bertz CT molecular complexity index is 225. The lowest BCUT2D eigenvalue weighted by atomic mass is 10.1. The van der Waals surface area contributed by atoms with Crippen LogP contribution in [0.15, 0.2) is 0 Å². The molecule has 0 bridgehead atoms. The fourth-order valence-corrected chi connectivity index (χ4v) is 2.85. The molecule has 4 heteroatoms. The average Bonchev–Trinajstić information content (AvgIpc) is 2.94. The molecule has 0 aromatic carbocycles. The molecule has 2 N–H and O–H groups in total. The second kappa shape index (κ2) is 6.69. The molecule has 2 aliphatic heterocycles. The first-order valence-corrected chi connectivity index (χ1v) is 6.93. The molecule has 0 amide bonds. The van der Waals surface area contributed by atoms with Gasteiger partial charge in [0.2, 0.25) is 0 Å². The summed E-state index contributed by atoms with van der Waals surface area (Å²) in [6.45, 7) is 3.49. The van der Waals surface area contributed by atoms with E-state index in [0.29, 0.717) is 6.54 Å². The van der Waals surface area contributed by atoms with Gasteiger partial charge in [-0.2, -0.15) is 0 Å². The topological polar surface area (TPSA) is 47.7 Å². The van der Waals surface area contributed by atoms with E-state index in [-0.39, 0.29) is 12.2 Å². The molecule has 2 fully saturated rings. The van der Waals surface area contributed by atoms with Gasteiger partial charge in [-0.3, -0.25) is 0 Å². The molecule has 0 saturated carbocycles. The molecule has 2 aliphatic rings. The fraction of sp³-hybridized carbons (Fsp3) is 1.00. The van der Waals surface area contributed by atoms with E-state index < -0.39 is 0 Å². The molecule has 2 saturated heterocycles. The standard InChI is InChI=1S/C13H26N2O2/c1-15-7-2-3-11(15)6-8-16-10-13-5-4-12(9-14)17-13/h11-13H,2-10,14H2,1H3. The zero-order valence-corrected chi connectivity index (χ0v) is 10.9. The van der Waals surface area contributed by atoms with Crippen molar-refractivity contribution in [2.75, 3.05) is 33.4 Å². The Morgan fingerprint density at radius 1 is 1.29 bits per heavy atom. The summed E-state index contributed by atoms with van der Waals surface area (Å²) in [5.74, 6) is 0. The van der Waals surface area contributed by atoms with Gasteiger partial charge in [0.15, 0.2) is 0 Å². The van der Waals surface area contributed by atoms with Crippen molar-refractivity contribution in [3.63, 3.8) is 0 Å². The molecule has 3 unspecified atom stereocenters. The van der Waals surface area contributed by atoms with Gasteiger partial charge in [-0.25, -0.2) is 0 Å². The van der Waals surface area contributed by atoms with E-state index in [2.05, 4.69) is 11.9 Å². The highest BCUT2D eigenvalue weighted by Gasteiger charge is 2.24. The van der Waals surface area contributed by atoms with Crippen LogP contribution >= 0.6 is 0 Å². The fourth-order valence-electron chi connectivity index (χ4n) is 2.85. The molecule has 0 aliphatic carbocycles. The van der Waals surface area contributed by atoms with Crippen LogP contribution in [0.2, 0.25) is 0 Å². The van der Waals surface area contributed by atoms with E-state index in [1.807, 2.05) is 0 Å². The van der Waals surface area contributed by atoms with Crippen LogP contribution in [0.4, 0.5) is 0 Å². The molecular formula is C13H26N2O2. The van der Waals surface area contributed by atoms with Crippen LogP contribution < -0.4 is 5.73 Å². The van der Waals surface area contributed by atoms with Gasteiger partial charge >= 0.3 is 0 Å². The number of ether oxygens (including phenoxy) is 2.